The van der Waals surface area contributed by atoms with Crippen molar-refractivity contribution in [2.75, 3.05) is 25.2 Å². The number of anilines is 1. The van der Waals surface area contributed by atoms with E-state index < -0.39 is 5.97 Å². The number of rotatable bonds is 10. The molecular formula is C45H44Cl2N6O5. The maximum atomic E-state index is 15.4. The quantitative estimate of drug-likeness (QED) is 0.108. The summed E-state index contributed by atoms with van der Waals surface area (Å²) in [4.78, 5) is 34.9. The van der Waals surface area contributed by atoms with Crippen molar-refractivity contribution in [3.05, 3.63) is 122 Å². The van der Waals surface area contributed by atoms with E-state index in [1.54, 1.807) is 29.3 Å². The number of ether oxygens (including phenoxy) is 2. The van der Waals surface area contributed by atoms with Crippen molar-refractivity contribution in [2.45, 2.75) is 60.0 Å². The number of phenolic OH excluding ortho intramolecular Hbond substituents is 1. The second kappa shape index (κ2) is 15.2. The average molecular weight is 820 g/mol. The Morgan fingerprint density at radius 2 is 1.74 bits per heavy atom. The van der Waals surface area contributed by atoms with Crippen LogP contribution in [0.5, 0.6) is 11.5 Å². The third-order valence-corrected chi connectivity index (χ3v) is 12.2. The topological polar surface area (TPSA) is 117 Å². The van der Waals surface area contributed by atoms with Crippen LogP contribution in [0.2, 0.25) is 10.0 Å². The van der Waals surface area contributed by atoms with Gasteiger partial charge in [-0.2, -0.15) is 5.10 Å². The summed E-state index contributed by atoms with van der Waals surface area (Å²) >= 11 is 13.6. The highest BCUT2D eigenvalue weighted by Crippen LogP contribution is 2.46. The number of pyridine rings is 1. The Balaban J connectivity index is 1.30. The number of methoxy groups -OCH3 is 1. The number of halogens is 2. The Morgan fingerprint density at radius 3 is 2.41 bits per heavy atom. The van der Waals surface area contributed by atoms with Gasteiger partial charge >= 0.3 is 5.97 Å². The lowest BCUT2D eigenvalue weighted by molar-refractivity contribution is 0.0589. The summed E-state index contributed by atoms with van der Waals surface area (Å²) in [5.74, 6) is -0.0893. The summed E-state index contributed by atoms with van der Waals surface area (Å²) in [6.07, 6.45) is 2.84. The van der Waals surface area contributed by atoms with Gasteiger partial charge in [-0.05, 0) is 107 Å². The zero-order valence-electron chi connectivity index (χ0n) is 33.5. The molecule has 0 spiro atoms. The van der Waals surface area contributed by atoms with Crippen molar-refractivity contribution >= 4 is 62.6 Å². The molecule has 0 radical (unpaired) electrons. The standard InChI is InChI=1S/C45H44Cl2N6O5/c1-24-17-32(18-25(2)40(24)47)58-16-10-12-33-34-13-14-35(46)39(38-27(4)49-50(6)28(38)5)42(34)53-26(3)22-52(44(55)43(33)53)36-21-31(54)19-29-20-37(45(56)57-7)51(41(29)36)23-30-11-8-9-15-48-30/h8-9,11,13-15,17-21,26,54H,10,12,16,22-23H2,1-7H3/t26-/m1/s1. The minimum absolute atomic E-state index is 0.0397. The number of benzene rings is 3. The number of aromatic nitrogens is 5. The van der Waals surface area contributed by atoms with Crippen molar-refractivity contribution in [1.29, 1.82) is 0 Å². The first-order valence-corrected chi connectivity index (χ1v) is 20.0. The number of amides is 1. The molecule has 0 unspecified atom stereocenters. The number of esters is 1. The van der Waals surface area contributed by atoms with Crippen molar-refractivity contribution in [1.82, 2.24) is 23.9 Å². The molecule has 58 heavy (non-hydrogen) atoms. The van der Waals surface area contributed by atoms with E-state index >= 15 is 4.79 Å². The summed E-state index contributed by atoms with van der Waals surface area (Å²) in [6, 6.07) is 18.0. The van der Waals surface area contributed by atoms with E-state index in [0.29, 0.717) is 52.4 Å². The van der Waals surface area contributed by atoms with Gasteiger partial charge in [0.05, 0.1) is 53.4 Å². The van der Waals surface area contributed by atoms with Gasteiger partial charge in [0.15, 0.2) is 0 Å². The van der Waals surface area contributed by atoms with Crippen molar-refractivity contribution in [2.24, 2.45) is 7.05 Å². The molecule has 0 fully saturated rings. The molecule has 8 rings (SSSR count). The number of carbonyl (C=O) groups excluding carboxylic acids is 2. The maximum absolute atomic E-state index is 15.4. The van der Waals surface area contributed by atoms with Crippen LogP contribution in [0, 0.1) is 27.7 Å². The normalized spacial score (nSPS) is 14.1. The molecule has 13 heteroatoms. The molecule has 3 aromatic carbocycles. The molecule has 0 saturated heterocycles. The molecule has 0 bridgehead atoms. The monoisotopic (exact) mass is 818 g/mol. The summed E-state index contributed by atoms with van der Waals surface area (Å²) in [6.45, 7) is 10.9. The zero-order chi connectivity index (χ0) is 41.2. The van der Waals surface area contributed by atoms with Gasteiger partial charge < -0.3 is 28.6 Å². The lowest BCUT2D eigenvalue weighted by Crippen LogP contribution is -2.43. The third kappa shape index (κ3) is 6.56. The Hall–Kier alpha value is -5.78. The molecule has 0 saturated carbocycles. The third-order valence-electron chi connectivity index (χ3n) is 11.3. The first-order valence-electron chi connectivity index (χ1n) is 19.2. The van der Waals surface area contributed by atoms with Crippen molar-refractivity contribution in [3.63, 3.8) is 0 Å². The predicted octanol–water partition coefficient (Wildman–Crippen LogP) is 9.71. The lowest BCUT2D eigenvalue weighted by Gasteiger charge is -2.35. The number of aryl methyl sites for hydroxylation is 5. The van der Waals surface area contributed by atoms with Gasteiger partial charge in [-0.1, -0.05) is 35.3 Å². The van der Waals surface area contributed by atoms with Crippen LogP contribution in [0.1, 0.15) is 74.1 Å². The van der Waals surface area contributed by atoms with E-state index in [1.165, 1.54) is 7.11 Å². The van der Waals surface area contributed by atoms with Crippen molar-refractivity contribution in [3.8, 4) is 22.6 Å². The lowest BCUT2D eigenvalue weighted by atomic mass is 9.98. The van der Waals surface area contributed by atoms with Crippen LogP contribution in [-0.2, 0) is 24.8 Å². The van der Waals surface area contributed by atoms with E-state index in [1.807, 2.05) is 86.5 Å². The molecule has 4 aromatic heterocycles. The molecule has 5 heterocycles. The number of phenols is 1. The second-order valence-corrected chi connectivity index (χ2v) is 15.9. The molecule has 7 aromatic rings. The average Bonchev–Trinajstić information content (AvgIpc) is 3.81. The largest absolute Gasteiger partial charge is 0.508 e. The van der Waals surface area contributed by atoms with Crippen LogP contribution in [0.25, 0.3) is 32.9 Å². The van der Waals surface area contributed by atoms with Crippen LogP contribution < -0.4 is 9.64 Å². The van der Waals surface area contributed by atoms with E-state index in [2.05, 4.69) is 16.5 Å². The molecule has 1 aliphatic heterocycles. The fraction of sp³-hybridized carbons (Fsp3) is 0.289. The van der Waals surface area contributed by atoms with Crippen molar-refractivity contribution < 1.29 is 24.2 Å². The molecule has 0 aliphatic carbocycles. The molecule has 1 N–H and O–H groups in total. The van der Waals surface area contributed by atoms with Gasteiger partial charge in [0.25, 0.3) is 5.91 Å². The summed E-state index contributed by atoms with van der Waals surface area (Å²) in [5.41, 5.74) is 9.77. The Kier molecular flexibility index (Phi) is 10.2. The number of nitrogens with zero attached hydrogens (tertiary/aromatic N) is 6. The Labute approximate surface area is 346 Å². The first kappa shape index (κ1) is 39.1. The molecule has 1 atom stereocenters. The van der Waals surface area contributed by atoms with Gasteiger partial charge in [0.2, 0.25) is 0 Å². The number of fused-ring (bicyclic) bond motifs is 4. The minimum atomic E-state index is -0.546. The zero-order valence-corrected chi connectivity index (χ0v) is 35.0. The number of hydrogen-bond donors (Lipinski definition) is 1. The predicted molar refractivity (Wildman–Crippen MR) is 228 cm³/mol. The molecule has 298 valence electrons. The maximum Gasteiger partial charge on any atom is 0.354 e. The van der Waals surface area contributed by atoms with Crippen LogP contribution in [0.4, 0.5) is 5.69 Å². The van der Waals surface area contributed by atoms with Gasteiger partial charge in [0.1, 0.15) is 22.9 Å². The summed E-state index contributed by atoms with van der Waals surface area (Å²) in [7, 11) is 3.25. The first-order chi connectivity index (χ1) is 27.8. The van der Waals surface area contributed by atoms with E-state index in [9.17, 15) is 9.90 Å². The van der Waals surface area contributed by atoms with Crippen LogP contribution in [0.3, 0.4) is 0 Å². The van der Waals surface area contributed by atoms with Gasteiger partial charge in [-0.25, -0.2) is 4.79 Å². The van der Waals surface area contributed by atoms with E-state index in [0.717, 1.165) is 60.9 Å². The molecule has 11 nitrogen and oxygen atoms in total. The smallest absolute Gasteiger partial charge is 0.354 e. The fourth-order valence-corrected chi connectivity index (χ4v) is 8.97. The number of aromatic hydroxyl groups is 1. The van der Waals surface area contributed by atoms with Crippen LogP contribution in [0.15, 0.2) is 66.9 Å². The van der Waals surface area contributed by atoms with Crippen LogP contribution >= 0.6 is 23.2 Å². The SMILES string of the molecule is COC(=O)c1cc2cc(O)cc(N3C[C@@H](C)n4c(c(CCCOc5cc(C)c(Cl)c(C)c5)c5ccc(Cl)c(-c6c(C)nn(C)c6C)c54)C3=O)c2n1Cc1ccccn1. The number of hydrogen-bond acceptors (Lipinski definition) is 7. The Bertz CT molecular complexity index is 2760. The van der Waals surface area contributed by atoms with Gasteiger partial charge in [-0.3, -0.25) is 14.5 Å². The van der Waals surface area contributed by atoms with E-state index in [4.69, 9.17) is 37.8 Å². The number of carbonyl (C=O) groups is 2. The van der Waals surface area contributed by atoms with Crippen LogP contribution in [-0.4, -0.2) is 61.1 Å². The van der Waals surface area contributed by atoms with E-state index in [-0.39, 0.29) is 36.5 Å². The van der Waals surface area contributed by atoms with Gasteiger partial charge in [-0.15, -0.1) is 0 Å². The molecule has 1 amide bonds. The van der Waals surface area contributed by atoms with Gasteiger partial charge in [0, 0.05) is 64.5 Å². The highest BCUT2D eigenvalue weighted by molar-refractivity contribution is 6.35. The minimum Gasteiger partial charge on any atom is -0.508 e. The molecule has 1 aliphatic rings. The summed E-state index contributed by atoms with van der Waals surface area (Å²) < 4.78 is 17.2. The summed E-state index contributed by atoms with van der Waals surface area (Å²) in [5, 5.41) is 18.7. The molecular weight excluding hydrogens is 775 g/mol. The highest BCUT2D eigenvalue weighted by Gasteiger charge is 2.38. The fourth-order valence-electron chi connectivity index (χ4n) is 8.61. The Morgan fingerprint density at radius 1 is 0.983 bits per heavy atom. The highest BCUT2D eigenvalue weighted by atomic mass is 35.5. The second-order valence-electron chi connectivity index (χ2n) is 15.1.